The summed E-state index contributed by atoms with van der Waals surface area (Å²) in [6.45, 7) is 7.04. The maximum Gasteiger partial charge on any atom is 0.255 e. The van der Waals surface area contributed by atoms with Crippen molar-refractivity contribution < 1.29 is 4.79 Å². The van der Waals surface area contributed by atoms with Crippen LogP contribution in [0.25, 0.3) is 0 Å². The van der Waals surface area contributed by atoms with Gasteiger partial charge < -0.3 is 15.1 Å². The van der Waals surface area contributed by atoms with Crippen molar-refractivity contribution in [2.75, 3.05) is 42.9 Å². The number of piperazine rings is 1. The molecule has 4 nitrogen and oxygen atoms in total. The number of nitrogens with one attached hydrogen (secondary N) is 1. The Morgan fingerprint density at radius 3 is 2.56 bits per heavy atom. The molecular weight excluding hydrogens is 402 g/mol. The molecule has 132 valence electrons. The molecule has 0 unspecified atom stereocenters. The quantitative estimate of drug-likeness (QED) is 0.788. The molecule has 0 aromatic heterocycles. The lowest BCUT2D eigenvalue weighted by Gasteiger charge is -2.36. The molecule has 0 atom stereocenters. The van der Waals surface area contributed by atoms with Gasteiger partial charge in [0.1, 0.15) is 0 Å². The van der Waals surface area contributed by atoms with Crippen molar-refractivity contribution in [2.45, 2.75) is 6.92 Å². The van der Waals surface area contributed by atoms with Crippen LogP contribution in [0, 0.1) is 0 Å². The van der Waals surface area contributed by atoms with Gasteiger partial charge in [-0.15, -0.1) is 0 Å². The number of hydrogen-bond donors (Lipinski definition) is 1. The van der Waals surface area contributed by atoms with Gasteiger partial charge >= 0.3 is 0 Å². The Morgan fingerprint density at radius 1 is 1.16 bits per heavy atom. The summed E-state index contributed by atoms with van der Waals surface area (Å²) < 4.78 is 0.877. The van der Waals surface area contributed by atoms with E-state index in [0.29, 0.717) is 10.6 Å². The third-order valence-electron chi connectivity index (χ3n) is 4.46. The van der Waals surface area contributed by atoms with Gasteiger partial charge in [-0.25, -0.2) is 0 Å². The maximum atomic E-state index is 12.6. The monoisotopic (exact) mass is 421 g/mol. The van der Waals surface area contributed by atoms with Crippen molar-refractivity contribution in [3.8, 4) is 0 Å². The van der Waals surface area contributed by atoms with E-state index in [9.17, 15) is 4.79 Å². The highest BCUT2D eigenvalue weighted by molar-refractivity contribution is 9.10. The zero-order valence-corrected chi connectivity index (χ0v) is 16.5. The first-order valence-electron chi connectivity index (χ1n) is 8.41. The van der Waals surface area contributed by atoms with Crippen molar-refractivity contribution in [1.82, 2.24) is 4.90 Å². The SMILES string of the molecule is CCN1CCN(c2c(Cl)cccc2NC(=O)c2cccc(Br)c2)CC1. The van der Waals surface area contributed by atoms with Gasteiger partial charge in [0.25, 0.3) is 5.91 Å². The second kappa shape index (κ2) is 8.21. The summed E-state index contributed by atoms with van der Waals surface area (Å²) in [5.74, 6) is -0.142. The summed E-state index contributed by atoms with van der Waals surface area (Å²) in [4.78, 5) is 17.3. The highest BCUT2D eigenvalue weighted by atomic mass is 79.9. The van der Waals surface area contributed by atoms with Gasteiger partial charge in [-0.3, -0.25) is 4.79 Å². The van der Waals surface area contributed by atoms with Crippen LogP contribution in [0.5, 0.6) is 0 Å². The van der Waals surface area contributed by atoms with E-state index in [1.807, 2.05) is 30.3 Å². The lowest BCUT2D eigenvalue weighted by molar-refractivity contribution is 0.102. The van der Waals surface area contributed by atoms with Gasteiger partial charge in [-0.05, 0) is 36.9 Å². The fourth-order valence-electron chi connectivity index (χ4n) is 3.05. The number of carbonyl (C=O) groups is 1. The molecule has 1 heterocycles. The summed E-state index contributed by atoms with van der Waals surface area (Å²) in [6, 6.07) is 13.0. The molecule has 1 aliphatic rings. The van der Waals surface area contributed by atoms with E-state index in [1.165, 1.54) is 0 Å². The molecule has 1 aliphatic heterocycles. The zero-order valence-electron chi connectivity index (χ0n) is 14.1. The summed E-state index contributed by atoms with van der Waals surface area (Å²) >= 11 is 9.88. The third kappa shape index (κ3) is 4.35. The zero-order chi connectivity index (χ0) is 17.8. The van der Waals surface area contributed by atoms with Crippen LogP contribution in [0.3, 0.4) is 0 Å². The predicted octanol–water partition coefficient (Wildman–Crippen LogP) is 4.50. The van der Waals surface area contributed by atoms with Crippen LogP contribution in [0.4, 0.5) is 11.4 Å². The number of hydrogen-bond acceptors (Lipinski definition) is 3. The lowest BCUT2D eigenvalue weighted by Crippen LogP contribution is -2.46. The maximum absolute atomic E-state index is 12.6. The molecule has 1 N–H and O–H groups in total. The predicted molar refractivity (Wildman–Crippen MR) is 108 cm³/mol. The number of likely N-dealkylation sites (N-methyl/N-ethyl adjacent to an activating group) is 1. The van der Waals surface area contributed by atoms with Crippen LogP contribution in [-0.4, -0.2) is 43.5 Å². The van der Waals surface area contributed by atoms with Gasteiger partial charge in [-0.1, -0.05) is 46.6 Å². The molecule has 1 saturated heterocycles. The minimum absolute atomic E-state index is 0.142. The average Bonchev–Trinajstić information content (AvgIpc) is 2.62. The normalized spacial score (nSPS) is 15.2. The van der Waals surface area contributed by atoms with Crippen molar-refractivity contribution in [3.63, 3.8) is 0 Å². The van der Waals surface area contributed by atoms with Crippen molar-refractivity contribution >= 4 is 44.8 Å². The van der Waals surface area contributed by atoms with Gasteiger partial charge in [0.15, 0.2) is 0 Å². The fraction of sp³-hybridized carbons (Fsp3) is 0.316. The number of amides is 1. The molecule has 0 bridgehead atoms. The van der Waals surface area contributed by atoms with Crippen molar-refractivity contribution in [1.29, 1.82) is 0 Å². The average molecular weight is 423 g/mol. The Morgan fingerprint density at radius 2 is 1.88 bits per heavy atom. The molecular formula is C19H21BrClN3O. The number of para-hydroxylation sites is 1. The Kier molecular flexibility index (Phi) is 5.99. The molecule has 2 aromatic rings. The van der Waals surface area contributed by atoms with E-state index in [0.717, 1.165) is 48.6 Å². The van der Waals surface area contributed by atoms with Gasteiger partial charge in [0.2, 0.25) is 0 Å². The lowest BCUT2D eigenvalue weighted by atomic mass is 10.1. The number of nitrogens with zero attached hydrogens (tertiary/aromatic N) is 2. The highest BCUT2D eigenvalue weighted by Crippen LogP contribution is 2.35. The van der Waals surface area contributed by atoms with Crippen molar-refractivity contribution in [2.24, 2.45) is 0 Å². The summed E-state index contributed by atoms with van der Waals surface area (Å²) in [5.41, 5.74) is 2.27. The third-order valence-corrected chi connectivity index (χ3v) is 5.26. The topological polar surface area (TPSA) is 35.6 Å². The Balaban J connectivity index is 1.82. The minimum atomic E-state index is -0.142. The minimum Gasteiger partial charge on any atom is -0.366 e. The van der Waals surface area contributed by atoms with E-state index >= 15 is 0 Å². The van der Waals surface area contributed by atoms with Gasteiger partial charge in [-0.2, -0.15) is 0 Å². The second-order valence-electron chi connectivity index (χ2n) is 6.02. The first-order valence-corrected chi connectivity index (χ1v) is 9.58. The Bertz CT molecular complexity index is 760. The smallest absolute Gasteiger partial charge is 0.255 e. The summed E-state index contributed by atoms with van der Waals surface area (Å²) in [5, 5.41) is 3.68. The van der Waals surface area contributed by atoms with Crippen LogP contribution in [0.1, 0.15) is 17.3 Å². The van der Waals surface area contributed by atoms with Gasteiger partial charge in [0.05, 0.1) is 16.4 Å². The Hall–Kier alpha value is -1.56. The van der Waals surface area contributed by atoms with Crippen LogP contribution >= 0.6 is 27.5 Å². The molecule has 0 spiro atoms. The molecule has 0 radical (unpaired) electrons. The molecule has 0 saturated carbocycles. The van der Waals surface area contributed by atoms with Crippen molar-refractivity contribution in [3.05, 3.63) is 57.5 Å². The first-order chi connectivity index (χ1) is 12.1. The molecule has 6 heteroatoms. The van der Waals surface area contributed by atoms with E-state index < -0.39 is 0 Å². The number of carbonyl (C=O) groups excluding carboxylic acids is 1. The van der Waals surface area contributed by atoms with Crippen LogP contribution in [-0.2, 0) is 0 Å². The number of rotatable bonds is 4. The summed E-state index contributed by atoms with van der Waals surface area (Å²) in [6.07, 6.45) is 0. The second-order valence-corrected chi connectivity index (χ2v) is 7.34. The Labute approximate surface area is 161 Å². The van der Waals surface area contributed by atoms with Gasteiger partial charge in [0, 0.05) is 36.2 Å². The molecule has 2 aromatic carbocycles. The van der Waals surface area contributed by atoms with Crippen LogP contribution in [0.15, 0.2) is 46.9 Å². The van der Waals surface area contributed by atoms with E-state index in [1.54, 1.807) is 12.1 Å². The number of benzene rings is 2. The van der Waals surface area contributed by atoms with Crippen LogP contribution < -0.4 is 10.2 Å². The molecule has 0 aliphatic carbocycles. The first kappa shape index (κ1) is 18.2. The largest absolute Gasteiger partial charge is 0.366 e. The molecule has 3 rings (SSSR count). The molecule has 25 heavy (non-hydrogen) atoms. The summed E-state index contributed by atoms with van der Waals surface area (Å²) in [7, 11) is 0. The van der Waals surface area contributed by atoms with E-state index in [4.69, 9.17) is 11.6 Å². The number of halogens is 2. The van der Waals surface area contributed by atoms with Crippen LogP contribution in [0.2, 0.25) is 5.02 Å². The fourth-order valence-corrected chi connectivity index (χ4v) is 3.74. The molecule has 1 amide bonds. The standard InChI is InChI=1S/C19H21BrClN3O/c1-2-23-9-11-24(12-10-23)18-16(21)7-4-8-17(18)22-19(25)14-5-3-6-15(20)13-14/h3-8,13H,2,9-12H2,1H3,(H,22,25). The van der Waals surface area contributed by atoms with E-state index in [-0.39, 0.29) is 5.91 Å². The molecule has 1 fully saturated rings. The van der Waals surface area contributed by atoms with E-state index in [2.05, 4.69) is 38.0 Å². The highest BCUT2D eigenvalue weighted by Gasteiger charge is 2.21. The number of anilines is 2.